The number of hydrogen-bond acceptors (Lipinski definition) is 4. The Morgan fingerprint density at radius 3 is 3.12 bits per heavy atom. The van der Waals surface area contributed by atoms with Gasteiger partial charge in [0.25, 0.3) is 11.5 Å². The van der Waals surface area contributed by atoms with Crippen LogP contribution >= 0.6 is 0 Å². The second-order valence-corrected chi connectivity index (χ2v) is 6.14. The van der Waals surface area contributed by atoms with Crippen LogP contribution in [0.2, 0.25) is 0 Å². The Kier molecular flexibility index (Phi) is 4.07. The quantitative estimate of drug-likeness (QED) is 0.763. The van der Waals surface area contributed by atoms with E-state index in [9.17, 15) is 9.59 Å². The summed E-state index contributed by atoms with van der Waals surface area (Å²) in [6.07, 6.45) is 5.58. The van der Waals surface area contributed by atoms with Crippen molar-refractivity contribution < 1.29 is 9.53 Å². The number of aromatic amines is 1. The van der Waals surface area contributed by atoms with E-state index in [-0.39, 0.29) is 11.7 Å². The van der Waals surface area contributed by atoms with Crippen molar-refractivity contribution in [2.45, 2.75) is 25.5 Å². The van der Waals surface area contributed by atoms with Gasteiger partial charge in [-0.1, -0.05) is 18.2 Å². The van der Waals surface area contributed by atoms with Gasteiger partial charge in [-0.15, -0.1) is 0 Å². The van der Waals surface area contributed by atoms with Gasteiger partial charge in [-0.3, -0.25) is 14.3 Å². The number of carbonyl (C=O) groups excluding carboxylic acids is 1. The van der Waals surface area contributed by atoms with Crippen molar-refractivity contribution >= 4 is 22.5 Å². The minimum Gasteiger partial charge on any atom is -0.376 e. The van der Waals surface area contributed by atoms with Gasteiger partial charge >= 0.3 is 0 Å². The number of ether oxygens (including phenoxy) is 1. The smallest absolute Gasteiger partial charge is 0.261 e. The van der Waals surface area contributed by atoms with Crippen LogP contribution < -0.4 is 10.9 Å². The molecule has 1 aliphatic heterocycles. The molecule has 1 aliphatic rings. The van der Waals surface area contributed by atoms with Gasteiger partial charge in [0.2, 0.25) is 0 Å². The molecule has 0 saturated carbocycles. The van der Waals surface area contributed by atoms with Crippen LogP contribution in [0.15, 0.2) is 47.5 Å². The summed E-state index contributed by atoms with van der Waals surface area (Å²) < 4.78 is 7.33. The minimum atomic E-state index is -0.455. The van der Waals surface area contributed by atoms with Crippen molar-refractivity contribution in [2.75, 3.05) is 11.9 Å². The molecular weight excluding hydrogens is 320 g/mol. The van der Waals surface area contributed by atoms with Crippen molar-refractivity contribution in [1.29, 1.82) is 0 Å². The summed E-state index contributed by atoms with van der Waals surface area (Å²) >= 11 is 0. The average molecular weight is 338 g/mol. The van der Waals surface area contributed by atoms with E-state index in [1.807, 2.05) is 18.2 Å². The highest BCUT2D eigenvalue weighted by molar-refractivity contribution is 6.05. The number of fused-ring (bicyclic) bond motifs is 1. The van der Waals surface area contributed by atoms with E-state index in [1.165, 1.54) is 0 Å². The number of aromatic nitrogens is 3. The number of anilines is 1. The molecule has 2 aromatic heterocycles. The predicted molar refractivity (Wildman–Crippen MR) is 93.7 cm³/mol. The average Bonchev–Trinajstić information content (AvgIpc) is 3.27. The molecule has 128 valence electrons. The Labute approximate surface area is 143 Å². The van der Waals surface area contributed by atoms with Gasteiger partial charge in [0, 0.05) is 18.3 Å². The zero-order chi connectivity index (χ0) is 17.2. The van der Waals surface area contributed by atoms with E-state index in [2.05, 4.69) is 15.4 Å². The van der Waals surface area contributed by atoms with E-state index in [0.717, 1.165) is 24.8 Å². The van der Waals surface area contributed by atoms with Gasteiger partial charge in [0.1, 0.15) is 5.56 Å². The SMILES string of the molecule is O=C(Nc1cnn(CC2CCCO2)c1)c1cc2ccccc2[nH]c1=O. The van der Waals surface area contributed by atoms with Crippen LogP contribution in [0.4, 0.5) is 5.69 Å². The molecule has 1 aromatic carbocycles. The molecule has 7 heteroatoms. The maximum atomic E-state index is 12.4. The van der Waals surface area contributed by atoms with Gasteiger partial charge in [0.15, 0.2) is 0 Å². The number of para-hydroxylation sites is 1. The third kappa shape index (κ3) is 3.32. The molecule has 4 rings (SSSR count). The fourth-order valence-corrected chi connectivity index (χ4v) is 3.04. The Bertz CT molecular complexity index is 970. The summed E-state index contributed by atoms with van der Waals surface area (Å²) in [7, 11) is 0. The van der Waals surface area contributed by atoms with E-state index in [4.69, 9.17) is 4.74 Å². The van der Waals surface area contributed by atoms with Crippen molar-refractivity contribution in [2.24, 2.45) is 0 Å². The number of pyridine rings is 1. The highest BCUT2D eigenvalue weighted by Gasteiger charge is 2.17. The number of nitrogens with zero attached hydrogens (tertiary/aromatic N) is 2. The molecule has 25 heavy (non-hydrogen) atoms. The number of rotatable bonds is 4. The van der Waals surface area contributed by atoms with Crippen molar-refractivity contribution in [3.8, 4) is 0 Å². The number of nitrogens with one attached hydrogen (secondary N) is 2. The van der Waals surface area contributed by atoms with E-state index in [0.29, 0.717) is 17.7 Å². The minimum absolute atomic E-state index is 0.0746. The molecule has 1 saturated heterocycles. The molecular formula is C18H18N4O3. The number of amides is 1. The number of benzene rings is 1. The highest BCUT2D eigenvalue weighted by Crippen LogP contribution is 2.16. The van der Waals surface area contributed by atoms with Crippen molar-refractivity contribution in [3.63, 3.8) is 0 Å². The van der Waals surface area contributed by atoms with Gasteiger partial charge < -0.3 is 15.0 Å². The van der Waals surface area contributed by atoms with Crippen molar-refractivity contribution in [3.05, 3.63) is 58.6 Å². The highest BCUT2D eigenvalue weighted by atomic mass is 16.5. The molecule has 0 spiro atoms. The van der Waals surface area contributed by atoms with Crippen LogP contribution in [-0.2, 0) is 11.3 Å². The summed E-state index contributed by atoms with van der Waals surface area (Å²) in [6, 6.07) is 8.94. The summed E-state index contributed by atoms with van der Waals surface area (Å²) in [5, 5.41) is 7.77. The number of hydrogen-bond donors (Lipinski definition) is 2. The van der Waals surface area contributed by atoms with Crippen LogP contribution in [0.5, 0.6) is 0 Å². The van der Waals surface area contributed by atoms with Gasteiger partial charge in [0.05, 0.1) is 24.5 Å². The Hall–Kier alpha value is -2.93. The summed E-state index contributed by atoms with van der Waals surface area (Å²) in [5.74, 6) is -0.455. The van der Waals surface area contributed by atoms with Crippen LogP contribution in [0.3, 0.4) is 0 Å². The summed E-state index contributed by atoms with van der Waals surface area (Å²) in [4.78, 5) is 27.3. The van der Waals surface area contributed by atoms with Gasteiger partial charge in [-0.2, -0.15) is 5.10 Å². The topological polar surface area (TPSA) is 89.0 Å². The van der Waals surface area contributed by atoms with E-state index in [1.54, 1.807) is 29.2 Å². The first-order chi connectivity index (χ1) is 12.2. The first-order valence-corrected chi connectivity index (χ1v) is 8.26. The second-order valence-electron chi connectivity index (χ2n) is 6.14. The molecule has 7 nitrogen and oxygen atoms in total. The molecule has 2 N–H and O–H groups in total. The van der Waals surface area contributed by atoms with Crippen LogP contribution in [0.1, 0.15) is 23.2 Å². The third-order valence-corrected chi connectivity index (χ3v) is 4.30. The molecule has 1 unspecified atom stereocenters. The molecule has 1 fully saturated rings. The Balaban J connectivity index is 1.51. The fraction of sp³-hybridized carbons (Fsp3) is 0.278. The lowest BCUT2D eigenvalue weighted by atomic mass is 10.1. The first-order valence-electron chi connectivity index (χ1n) is 8.26. The maximum Gasteiger partial charge on any atom is 0.261 e. The molecule has 3 aromatic rings. The Morgan fingerprint density at radius 2 is 2.28 bits per heavy atom. The summed E-state index contributed by atoms with van der Waals surface area (Å²) in [6.45, 7) is 1.45. The molecule has 1 atom stereocenters. The molecule has 0 bridgehead atoms. The van der Waals surface area contributed by atoms with Gasteiger partial charge in [-0.25, -0.2) is 0 Å². The first kappa shape index (κ1) is 15.6. The van der Waals surface area contributed by atoms with Gasteiger partial charge in [-0.05, 0) is 30.4 Å². The lowest BCUT2D eigenvalue weighted by molar-refractivity contribution is 0.0940. The van der Waals surface area contributed by atoms with Crippen LogP contribution in [-0.4, -0.2) is 33.4 Å². The molecule has 0 radical (unpaired) electrons. The molecule has 0 aliphatic carbocycles. The zero-order valence-electron chi connectivity index (χ0n) is 13.6. The largest absolute Gasteiger partial charge is 0.376 e. The second kappa shape index (κ2) is 6.52. The van der Waals surface area contributed by atoms with Crippen LogP contribution in [0, 0.1) is 0 Å². The predicted octanol–water partition coefficient (Wildman–Crippen LogP) is 2.16. The van der Waals surface area contributed by atoms with Crippen LogP contribution in [0.25, 0.3) is 10.9 Å². The monoisotopic (exact) mass is 338 g/mol. The van der Waals surface area contributed by atoms with Crippen molar-refractivity contribution in [1.82, 2.24) is 14.8 Å². The fourth-order valence-electron chi connectivity index (χ4n) is 3.04. The van der Waals surface area contributed by atoms with E-state index >= 15 is 0 Å². The van der Waals surface area contributed by atoms with E-state index < -0.39 is 11.5 Å². The normalized spacial score (nSPS) is 17.0. The lowest BCUT2D eigenvalue weighted by Crippen LogP contribution is -2.22. The molecule has 3 heterocycles. The lowest BCUT2D eigenvalue weighted by Gasteiger charge is -2.08. The standard InChI is InChI=1S/C18H18N4O3/c23-17(15-8-12-4-1-2-6-16(12)21-18(15)24)20-13-9-19-22(10-13)11-14-5-3-7-25-14/h1-2,4,6,8-10,14H,3,5,7,11H2,(H,20,23)(H,21,24). The number of H-pyrrole nitrogens is 1. The maximum absolute atomic E-state index is 12.4. The zero-order valence-corrected chi connectivity index (χ0v) is 13.6. The Morgan fingerprint density at radius 1 is 1.40 bits per heavy atom. The molecule has 1 amide bonds. The number of carbonyl (C=O) groups is 1. The third-order valence-electron chi connectivity index (χ3n) is 4.30. The summed E-state index contributed by atoms with van der Waals surface area (Å²) in [5.41, 5.74) is 0.914.